The third kappa shape index (κ3) is 11.9. The number of carboxylic acids is 1. The van der Waals surface area contributed by atoms with Gasteiger partial charge in [-0.05, 0) is 39.5 Å². The van der Waals surface area contributed by atoms with Crippen molar-refractivity contribution >= 4 is 23.9 Å². The second-order valence-electron chi connectivity index (χ2n) is 7.62. The molecular weight excluding hydrogens is 382 g/mol. The summed E-state index contributed by atoms with van der Waals surface area (Å²) in [5.41, 5.74) is -0.973. The van der Waals surface area contributed by atoms with E-state index in [-0.39, 0.29) is 37.7 Å². The van der Waals surface area contributed by atoms with Crippen molar-refractivity contribution in [1.29, 1.82) is 0 Å². The normalized spacial score (nSPS) is 24.1. The van der Waals surface area contributed by atoms with Crippen LogP contribution in [0.5, 0.6) is 0 Å². The van der Waals surface area contributed by atoms with E-state index >= 15 is 0 Å². The van der Waals surface area contributed by atoms with Crippen molar-refractivity contribution in [1.82, 2.24) is 16.0 Å². The molecule has 3 amide bonds. The second-order valence-corrected chi connectivity index (χ2v) is 7.62. The number of cyclic esters (lactones) is 1. The minimum absolute atomic E-state index is 0.140. The van der Waals surface area contributed by atoms with E-state index in [4.69, 9.17) is 9.47 Å². The Kier molecular flexibility index (Phi) is 11.0. The van der Waals surface area contributed by atoms with Gasteiger partial charge in [0.1, 0.15) is 5.60 Å². The van der Waals surface area contributed by atoms with E-state index in [9.17, 15) is 24.3 Å². The Hall–Kier alpha value is -2.36. The van der Waals surface area contributed by atoms with Gasteiger partial charge in [0.25, 0.3) is 0 Å². The third-order valence-corrected chi connectivity index (χ3v) is 4.40. The second kappa shape index (κ2) is 13.0. The fourth-order valence-electron chi connectivity index (χ4n) is 2.96. The first-order valence-electron chi connectivity index (χ1n) is 10.0. The molecule has 1 fully saturated rings. The van der Waals surface area contributed by atoms with Crippen LogP contribution in [-0.4, -0.2) is 67.4 Å². The van der Waals surface area contributed by atoms with Crippen LogP contribution in [0, 0.1) is 5.92 Å². The molecule has 1 rings (SSSR count). The van der Waals surface area contributed by atoms with Gasteiger partial charge in [0.2, 0.25) is 11.8 Å². The molecule has 1 aliphatic rings. The molecule has 10 heteroatoms. The molecule has 0 radical (unpaired) electrons. The highest BCUT2D eigenvalue weighted by molar-refractivity contribution is 5.76. The van der Waals surface area contributed by atoms with Gasteiger partial charge in [-0.1, -0.05) is 0 Å². The van der Waals surface area contributed by atoms with E-state index in [0.717, 1.165) is 0 Å². The van der Waals surface area contributed by atoms with Gasteiger partial charge in [0, 0.05) is 32.5 Å². The molecule has 0 spiro atoms. The molecule has 0 saturated carbocycles. The van der Waals surface area contributed by atoms with Crippen molar-refractivity contribution < 1.29 is 33.8 Å². The molecule has 1 atom stereocenters. The first-order chi connectivity index (χ1) is 13.7. The van der Waals surface area contributed by atoms with E-state index in [1.54, 1.807) is 13.8 Å². The molecule has 1 aliphatic heterocycles. The fourth-order valence-corrected chi connectivity index (χ4v) is 2.96. The van der Waals surface area contributed by atoms with E-state index < -0.39 is 23.6 Å². The molecule has 166 valence electrons. The predicted molar refractivity (Wildman–Crippen MR) is 104 cm³/mol. The van der Waals surface area contributed by atoms with Crippen molar-refractivity contribution in [2.75, 3.05) is 32.8 Å². The molecule has 4 N–H and O–H groups in total. The van der Waals surface area contributed by atoms with Crippen LogP contribution in [0.4, 0.5) is 4.79 Å². The Bertz CT molecular complexity index is 566. The summed E-state index contributed by atoms with van der Waals surface area (Å²) in [6.07, 6.45) is 1.17. The van der Waals surface area contributed by atoms with E-state index in [1.165, 1.54) is 0 Å². The number of hydrogen-bond donors (Lipinski definition) is 4. The molecule has 0 aliphatic carbocycles. The highest BCUT2D eigenvalue weighted by atomic mass is 16.6. The topological polar surface area (TPSA) is 143 Å². The predicted octanol–water partition coefficient (Wildman–Crippen LogP) is 0.795. The summed E-state index contributed by atoms with van der Waals surface area (Å²) in [6.45, 7) is 4.92. The number of carbonyl (C=O) groups is 4. The molecule has 1 unspecified atom stereocenters. The highest BCUT2D eigenvalue weighted by Crippen LogP contribution is 2.25. The summed E-state index contributed by atoms with van der Waals surface area (Å²) >= 11 is 0. The number of carboxylic acid groups (broad SMARTS) is 1. The lowest BCUT2D eigenvalue weighted by molar-refractivity contribution is -0.144. The Morgan fingerprint density at radius 3 is 2.34 bits per heavy atom. The maximum Gasteiger partial charge on any atom is 0.407 e. The first kappa shape index (κ1) is 24.7. The Balaban J connectivity index is 2.63. The Morgan fingerprint density at radius 1 is 0.966 bits per heavy atom. The largest absolute Gasteiger partial charge is 0.481 e. The van der Waals surface area contributed by atoms with Gasteiger partial charge in [-0.15, -0.1) is 0 Å². The Morgan fingerprint density at radius 2 is 1.62 bits per heavy atom. The summed E-state index contributed by atoms with van der Waals surface area (Å²) in [7, 11) is 0. The summed E-state index contributed by atoms with van der Waals surface area (Å²) < 4.78 is 10.7. The zero-order valence-electron chi connectivity index (χ0n) is 17.3. The van der Waals surface area contributed by atoms with Crippen LogP contribution < -0.4 is 16.0 Å². The lowest BCUT2D eigenvalue weighted by Gasteiger charge is -2.28. The lowest BCUT2D eigenvalue weighted by Crippen LogP contribution is -2.38. The molecular formula is C19H33N3O7. The maximum atomic E-state index is 12.0. The summed E-state index contributed by atoms with van der Waals surface area (Å²) in [5, 5.41) is 17.5. The maximum absolute atomic E-state index is 12.0. The van der Waals surface area contributed by atoms with Gasteiger partial charge in [-0.2, -0.15) is 0 Å². The smallest absolute Gasteiger partial charge is 0.407 e. The molecule has 1 heterocycles. The minimum atomic E-state index is -0.981. The first-order valence-corrected chi connectivity index (χ1v) is 10.0. The number of aliphatic carboxylic acids is 1. The summed E-state index contributed by atoms with van der Waals surface area (Å²) in [6, 6.07) is 0. The van der Waals surface area contributed by atoms with Crippen molar-refractivity contribution in [2.45, 2.75) is 58.0 Å². The van der Waals surface area contributed by atoms with Crippen molar-refractivity contribution in [3.8, 4) is 0 Å². The van der Waals surface area contributed by atoms with Crippen LogP contribution >= 0.6 is 0 Å². The van der Waals surface area contributed by atoms with Gasteiger partial charge in [-0.3, -0.25) is 14.4 Å². The standard InChI is InChI=1S/C19H33N3O7/c1-19(2)13-14(17(25)26)5-3-6-15(23)21-10-12-28-11-7-16(24)20-8-4-9-22-18(27)29-19/h14H,3-13H2,1-2H3,(H,20,24)(H,21,23)(H,22,27)(H,25,26). The number of ether oxygens (including phenoxy) is 2. The summed E-state index contributed by atoms with van der Waals surface area (Å²) in [5.74, 6) is -2.04. The average Bonchev–Trinajstić information content (AvgIpc) is 2.62. The van der Waals surface area contributed by atoms with Crippen molar-refractivity contribution in [3.63, 3.8) is 0 Å². The minimum Gasteiger partial charge on any atom is -0.481 e. The zero-order valence-corrected chi connectivity index (χ0v) is 17.3. The van der Waals surface area contributed by atoms with Crippen molar-refractivity contribution in [3.05, 3.63) is 0 Å². The van der Waals surface area contributed by atoms with Gasteiger partial charge < -0.3 is 30.5 Å². The number of alkyl carbamates (subject to hydrolysis) is 1. The van der Waals surface area contributed by atoms with E-state index in [2.05, 4.69) is 16.0 Å². The van der Waals surface area contributed by atoms with Crippen LogP contribution in [-0.2, 0) is 23.9 Å². The van der Waals surface area contributed by atoms with Crippen LogP contribution in [0.2, 0.25) is 0 Å². The number of carbonyl (C=O) groups excluding carboxylic acids is 3. The molecule has 1 saturated heterocycles. The quantitative estimate of drug-likeness (QED) is 0.496. The number of amides is 3. The fraction of sp³-hybridized carbons (Fsp3) is 0.789. The molecule has 10 nitrogen and oxygen atoms in total. The number of nitrogens with one attached hydrogen (secondary N) is 3. The van der Waals surface area contributed by atoms with Crippen LogP contribution in [0.1, 0.15) is 52.4 Å². The van der Waals surface area contributed by atoms with Gasteiger partial charge in [-0.25, -0.2) is 4.79 Å². The van der Waals surface area contributed by atoms with Crippen LogP contribution in [0.25, 0.3) is 0 Å². The monoisotopic (exact) mass is 415 g/mol. The highest BCUT2D eigenvalue weighted by Gasteiger charge is 2.31. The van der Waals surface area contributed by atoms with E-state index in [1.807, 2.05) is 0 Å². The zero-order chi connectivity index (χ0) is 21.7. The van der Waals surface area contributed by atoms with Gasteiger partial charge in [0.15, 0.2) is 0 Å². The number of rotatable bonds is 1. The van der Waals surface area contributed by atoms with Gasteiger partial charge >= 0.3 is 12.1 Å². The van der Waals surface area contributed by atoms with Crippen molar-refractivity contribution in [2.24, 2.45) is 5.92 Å². The van der Waals surface area contributed by atoms with Crippen LogP contribution in [0.15, 0.2) is 0 Å². The molecule has 0 aromatic rings. The summed E-state index contributed by atoms with van der Waals surface area (Å²) in [4.78, 5) is 47.0. The molecule has 0 aromatic heterocycles. The SMILES string of the molecule is CC1(C)CC(C(=O)O)CCCC(=O)NCCOCCC(=O)NCCCNC(=O)O1. The lowest BCUT2D eigenvalue weighted by atomic mass is 9.89. The van der Waals surface area contributed by atoms with Gasteiger partial charge in [0.05, 0.1) is 19.1 Å². The molecule has 0 aromatic carbocycles. The molecule has 0 bridgehead atoms. The average molecular weight is 415 g/mol. The Labute approximate surface area is 171 Å². The molecule has 29 heavy (non-hydrogen) atoms. The number of hydrogen-bond acceptors (Lipinski definition) is 6. The third-order valence-electron chi connectivity index (χ3n) is 4.40. The van der Waals surface area contributed by atoms with Crippen LogP contribution in [0.3, 0.4) is 0 Å². The van der Waals surface area contributed by atoms with E-state index in [0.29, 0.717) is 45.5 Å².